The summed E-state index contributed by atoms with van der Waals surface area (Å²) >= 11 is 1.61. The third kappa shape index (κ3) is 4.16. The monoisotopic (exact) mass is 334 g/mol. The van der Waals surface area contributed by atoms with Gasteiger partial charge in [0.1, 0.15) is 10.8 Å². The van der Waals surface area contributed by atoms with E-state index in [1.165, 1.54) is 12.8 Å². The van der Waals surface area contributed by atoms with Crippen molar-refractivity contribution in [1.82, 2.24) is 10.3 Å². The van der Waals surface area contributed by atoms with E-state index in [1.807, 2.05) is 12.1 Å². The first-order chi connectivity index (χ1) is 11.3. The van der Waals surface area contributed by atoms with Crippen molar-refractivity contribution in [2.45, 2.75) is 44.9 Å². The van der Waals surface area contributed by atoms with Crippen LogP contribution in [0.1, 0.15) is 48.0 Å². The number of ether oxygens (including phenoxy) is 1. The molecule has 0 unspecified atom stereocenters. The molecule has 0 amide bonds. The molecule has 1 N–H and O–H groups in total. The fraction of sp³-hybridized carbons (Fsp3) is 0.500. The standard InChI is InChI=1S/C18H23FN2OS/c1-22-11-17-21-14(12-23-17)10-20-18(13-6-2-3-7-13)15-8-4-5-9-16(15)19/h4-5,8-9,12-13,18,20H,2-3,6-7,10-11H2,1H3/t18-/m1/s1. The van der Waals surface area contributed by atoms with Crippen LogP contribution in [-0.4, -0.2) is 12.1 Å². The number of aromatic nitrogens is 1. The van der Waals surface area contributed by atoms with Crippen molar-refractivity contribution in [3.63, 3.8) is 0 Å². The summed E-state index contributed by atoms with van der Waals surface area (Å²) in [6.45, 7) is 1.21. The van der Waals surface area contributed by atoms with Gasteiger partial charge in [0.2, 0.25) is 0 Å². The molecule has 1 aromatic heterocycles. The molecule has 3 rings (SSSR count). The Hall–Kier alpha value is -1.30. The lowest BCUT2D eigenvalue weighted by Gasteiger charge is -2.25. The van der Waals surface area contributed by atoms with Crippen LogP contribution in [-0.2, 0) is 17.9 Å². The van der Waals surface area contributed by atoms with Gasteiger partial charge in [-0.25, -0.2) is 9.37 Å². The van der Waals surface area contributed by atoms with Gasteiger partial charge in [-0.2, -0.15) is 0 Å². The van der Waals surface area contributed by atoms with Gasteiger partial charge < -0.3 is 10.1 Å². The van der Waals surface area contributed by atoms with Crippen LogP contribution < -0.4 is 5.32 Å². The highest BCUT2D eigenvalue weighted by atomic mass is 32.1. The van der Waals surface area contributed by atoms with Crippen molar-refractivity contribution in [2.75, 3.05) is 7.11 Å². The number of methoxy groups -OCH3 is 1. The van der Waals surface area contributed by atoms with Gasteiger partial charge in [0.05, 0.1) is 12.3 Å². The van der Waals surface area contributed by atoms with Crippen LogP contribution in [0.15, 0.2) is 29.6 Å². The van der Waals surface area contributed by atoms with Gasteiger partial charge in [0, 0.05) is 30.6 Å². The van der Waals surface area contributed by atoms with E-state index in [2.05, 4.69) is 15.7 Å². The van der Waals surface area contributed by atoms with E-state index in [0.717, 1.165) is 29.1 Å². The number of rotatable bonds is 7. The molecule has 1 atom stereocenters. The molecule has 0 radical (unpaired) electrons. The maximum Gasteiger partial charge on any atom is 0.127 e. The summed E-state index contributed by atoms with van der Waals surface area (Å²) < 4.78 is 19.4. The average Bonchev–Trinajstić information content (AvgIpc) is 3.22. The minimum absolute atomic E-state index is 0.0614. The molecule has 3 nitrogen and oxygen atoms in total. The lowest BCUT2D eigenvalue weighted by molar-refractivity contribution is 0.184. The van der Waals surface area contributed by atoms with Crippen molar-refractivity contribution >= 4 is 11.3 Å². The maximum atomic E-state index is 14.3. The Morgan fingerprint density at radius 2 is 2.13 bits per heavy atom. The van der Waals surface area contributed by atoms with E-state index in [-0.39, 0.29) is 11.9 Å². The Morgan fingerprint density at radius 1 is 1.35 bits per heavy atom. The summed E-state index contributed by atoms with van der Waals surface area (Å²) in [6.07, 6.45) is 4.81. The number of thiazole rings is 1. The second-order valence-electron chi connectivity index (χ2n) is 6.09. The zero-order chi connectivity index (χ0) is 16.1. The van der Waals surface area contributed by atoms with Crippen LogP contribution >= 0.6 is 11.3 Å². The van der Waals surface area contributed by atoms with E-state index >= 15 is 0 Å². The number of hydrogen-bond donors (Lipinski definition) is 1. The Kier molecular flexibility index (Phi) is 5.75. The van der Waals surface area contributed by atoms with Gasteiger partial charge in [0.25, 0.3) is 0 Å². The maximum absolute atomic E-state index is 14.3. The SMILES string of the molecule is COCc1nc(CN[C@@H](c2ccccc2F)C2CCCC2)cs1. The molecular weight excluding hydrogens is 311 g/mol. The molecule has 124 valence electrons. The van der Waals surface area contributed by atoms with Crippen molar-refractivity contribution in [2.24, 2.45) is 5.92 Å². The second-order valence-corrected chi connectivity index (χ2v) is 7.03. The first-order valence-electron chi connectivity index (χ1n) is 8.18. The van der Waals surface area contributed by atoms with Crippen LogP contribution in [0.25, 0.3) is 0 Å². The molecule has 0 bridgehead atoms. The Balaban J connectivity index is 1.72. The highest BCUT2D eigenvalue weighted by Gasteiger charge is 2.27. The molecule has 2 aromatic rings. The van der Waals surface area contributed by atoms with Crippen LogP contribution in [0, 0.1) is 11.7 Å². The zero-order valence-corrected chi connectivity index (χ0v) is 14.2. The number of hydrogen-bond acceptors (Lipinski definition) is 4. The zero-order valence-electron chi connectivity index (χ0n) is 13.4. The third-order valence-electron chi connectivity index (χ3n) is 4.48. The van der Waals surface area contributed by atoms with Crippen LogP contribution in [0.5, 0.6) is 0 Å². The van der Waals surface area contributed by atoms with Crippen LogP contribution in [0.4, 0.5) is 4.39 Å². The summed E-state index contributed by atoms with van der Waals surface area (Å²) in [5.41, 5.74) is 1.79. The molecular formula is C18H23FN2OS. The summed E-state index contributed by atoms with van der Waals surface area (Å²) in [5.74, 6) is 0.388. The molecule has 1 aliphatic rings. The largest absolute Gasteiger partial charge is 0.378 e. The third-order valence-corrected chi connectivity index (χ3v) is 5.35. The summed E-state index contributed by atoms with van der Waals surface area (Å²) in [5, 5.41) is 6.58. The second kappa shape index (κ2) is 7.99. The Bertz CT molecular complexity index is 625. The quantitative estimate of drug-likeness (QED) is 0.812. The van der Waals surface area contributed by atoms with Crippen molar-refractivity contribution in [1.29, 1.82) is 0 Å². The summed E-state index contributed by atoms with van der Waals surface area (Å²) in [6, 6.07) is 7.19. The molecule has 23 heavy (non-hydrogen) atoms. The van der Waals surface area contributed by atoms with E-state index in [1.54, 1.807) is 30.6 Å². The lowest BCUT2D eigenvalue weighted by atomic mass is 9.91. The van der Waals surface area contributed by atoms with Crippen LogP contribution in [0.3, 0.4) is 0 Å². The Labute approximate surface area is 140 Å². The first-order valence-corrected chi connectivity index (χ1v) is 9.06. The number of nitrogens with one attached hydrogen (secondary N) is 1. The first kappa shape index (κ1) is 16.6. The summed E-state index contributed by atoms with van der Waals surface area (Å²) in [7, 11) is 1.67. The van der Waals surface area contributed by atoms with E-state index in [9.17, 15) is 4.39 Å². The van der Waals surface area contributed by atoms with Crippen molar-refractivity contribution in [3.8, 4) is 0 Å². The Morgan fingerprint density at radius 3 is 2.87 bits per heavy atom. The molecule has 0 saturated heterocycles. The van der Waals surface area contributed by atoms with Crippen molar-refractivity contribution < 1.29 is 9.13 Å². The van der Waals surface area contributed by atoms with E-state index in [4.69, 9.17) is 4.74 Å². The molecule has 0 aliphatic heterocycles. The predicted molar refractivity (Wildman–Crippen MR) is 90.8 cm³/mol. The topological polar surface area (TPSA) is 34.1 Å². The number of nitrogens with zero attached hydrogens (tertiary/aromatic N) is 1. The highest BCUT2D eigenvalue weighted by molar-refractivity contribution is 7.09. The molecule has 5 heteroatoms. The minimum atomic E-state index is -0.116. The van der Waals surface area contributed by atoms with Gasteiger partial charge in [-0.15, -0.1) is 11.3 Å². The normalized spacial score (nSPS) is 16.8. The van der Waals surface area contributed by atoms with Gasteiger partial charge >= 0.3 is 0 Å². The lowest BCUT2D eigenvalue weighted by Crippen LogP contribution is -2.27. The van der Waals surface area contributed by atoms with E-state index in [0.29, 0.717) is 19.1 Å². The average molecular weight is 334 g/mol. The van der Waals surface area contributed by atoms with Gasteiger partial charge in [-0.1, -0.05) is 31.0 Å². The van der Waals surface area contributed by atoms with Crippen molar-refractivity contribution in [3.05, 3.63) is 51.7 Å². The van der Waals surface area contributed by atoms with E-state index < -0.39 is 0 Å². The molecule has 1 fully saturated rings. The highest BCUT2D eigenvalue weighted by Crippen LogP contribution is 2.36. The minimum Gasteiger partial charge on any atom is -0.378 e. The molecule has 0 spiro atoms. The fourth-order valence-corrected chi connectivity index (χ4v) is 4.15. The van der Waals surface area contributed by atoms with Gasteiger partial charge in [0.15, 0.2) is 0 Å². The van der Waals surface area contributed by atoms with Gasteiger partial charge in [-0.05, 0) is 24.8 Å². The smallest absolute Gasteiger partial charge is 0.127 e. The predicted octanol–water partition coefficient (Wildman–Crippen LogP) is 4.45. The number of benzene rings is 1. The molecule has 1 saturated carbocycles. The summed E-state index contributed by atoms with van der Waals surface area (Å²) in [4.78, 5) is 4.55. The van der Waals surface area contributed by atoms with Gasteiger partial charge in [-0.3, -0.25) is 0 Å². The van der Waals surface area contributed by atoms with Crippen LogP contribution in [0.2, 0.25) is 0 Å². The molecule has 1 aliphatic carbocycles. The fourth-order valence-electron chi connectivity index (χ4n) is 3.38. The molecule has 1 aromatic carbocycles. The molecule has 1 heterocycles. The number of halogens is 1.